The first-order valence-corrected chi connectivity index (χ1v) is 8.76. The van der Waals surface area contributed by atoms with E-state index in [1.54, 1.807) is 12.1 Å². The van der Waals surface area contributed by atoms with E-state index in [4.69, 9.17) is 9.52 Å². The molecule has 0 saturated carbocycles. The molecular formula is C20H21N3O6. The second kappa shape index (κ2) is 11.1. The number of carboxylic acid groups (broad SMARTS) is 1. The molecule has 4 N–H and O–H groups in total. The third-order valence-corrected chi connectivity index (χ3v) is 3.72. The molecule has 0 aliphatic carbocycles. The number of aliphatic carboxylic acids is 1. The molecule has 0 unspecified atom stereocenters. The summed E-state index contributed by atoms with van der Waals surface area (Å²) in [6.07, 6.45) is 4.39. The number of hydrogen-bond acceptors (Lipinski definition) is 5. The van der Waals surface area contributed by atoms with Crippen LogP contribution in [0.2, 0.25) is 0 Å². The van der Waals surface area contributed by atoms with Crippen LogP contribution in [0.1, 0.15) is 11.3 Å². The topological polar surface area (TPSA) is 138 Å². The summed E-state index contributed by atoms with van der Waals surface area (Å²) in [7, 11) is 0. The number of benzene rings is 1. The van der Waals surface area contributed by atoms with Gasteiger partial charge in [-0.25, -0.2) is 0 Å². The molecule has 2 aromatic rings. The summed E-state index contributed by atoms with van der Waals surface area (Å²) >= 11 is 0. The molecule has 3 amide bonds. The summed E-state index contributed by atoms with van der Waals surface area (Å²) in [6.45, 7) is -0.952. The molecule has 9 heteroatoms. The van der Waals surface area contributed by atoms with Crippen molar-refractivity contribution in [3.63, 3.8) is 0 Å². The highest BCUT2D eigenvalue weighted by molar-refractivity contribution is 5.96. The first kappa shape index (κ1) is 21.4. The first-order chi connectivity index (χ1) is 13.9. The second-order valence-corrected chi connectivity index (χ2v) is 5.99. The van der Waals surface area contributed by atoms with Crippen LogP contribution in [0.4, 0.5) is 0 Å². The molecule has 1 aromatic carbocycles. The van der Waals surface area contributed by atoms with Crippen LogP contribution < -0.4 is 16.0 Å². The van der Waals surface area contributed by atoms with Gasteiger partial charge >= 0.3 is 5.97 Å². The van der Waals surface area contributed by atoms with E-state index in [1.807, 2.05) is 30.3 Å². The maximum Gasteiger partial charge on any atom is 0.322 e. The van der Waals surface area contributed by atoms with E-state index < -0.39 is 42.8 Å². The van der Waals surface area contributed by atoms with Crippen LogP contribution in [-0.4, -0.2) is 47.9 Å². The molecule has 1 aromatic heterocycles. The zero-order chi connectivity index (χ0) is 21.1. The third kappa shape index (κ3) is 8.12. The lowest BCUT2D eigenvalue weighted by atomic mass is 10.1. The zero-order valence-corrected chi connectivity index (χ0v) is 15.5. The maximum absolute atomic E-state index is 12.5. The van der Waals surface area contributed by atoms with Crippen molar-refractivity contribution in [1.82, 2.24) is 16.0 Å². The smallest absolute Gasteiger partial charge is 0.322 e. The number of furan rings is 1. The monoisotopic (exact) mass is 399 g/mol. The Morgan fingerprint density at radius 3 is 2.41 bits per heavy atom. The molecule has 2 rings (SSSR count). The van der Waals surface area contributed by atoms with Gasteiger partial charge in [0.15, 0.2) is 0 Å². The van der Waals surface area contributed by atoms with Crippen molar-refractivity contribution in [3.8, 4) is 0 Å². The Morgan fingerprint density at radius 1 is 1.00 bits per heavy atom. The molecular weight excluding hydrogens is 378 g/mol. The Labute approximate surface area is 166 Å². The quantitative estimate of drug-likeness (QED) is 0.425. The number of amides is 3. The van der Waals surface area contributed by atoms with Gasteiger partial charge in [-0.3, -0.25) is 19.2 Å². The summed E-state index contributed by atoms with van der Waals surface area (Å²) in [5.41, 5.74) is 0.818. The molecule has 1 atom stereocenters. The van der Waals surface area contributed by atoms with Gasteiger partial charge in [0.1, 0.15) is 18.3 Å². The van der Waals surface area contributed by atoms with Gasteiger partial charge in [-0.1, -0.05) is 30.3 Å². The Morgan fingerprint density at radius 2 is 1.76 bits per heavy atom. The first-order valence-electron chi connectivity index (χ1n) is 8.76. The van der Waals surface area contributed by atoms with Crippen LogP contribution in [0.5, 0.6) is 0 Å². The van der Waals surface area contributed by atoms with E-state index in [-0.39, 0.29) is 6.42 Å². The molecule has 0 aliphatic rings. The van der Waals surface area contributed by atoms with E-state index in [0.717, 1.165) is 5.56 Å². The van der Waals surface area contributed by atoms with E-state index in [0.29, 0.717) is 5.76 Å². The van der Waals surface area contributed by atoms with Gasteiger partial charge in [0.2, 0.25) is 17.7 Å². The number of carbonyl (C=O) groups excluding carboxylic acids is 3. The van der Waals surface area contributed by atoms with Crippen LogP contribution in [0, 0.1) is 0 Å². The molecule has 152 valence electrons. The fourth-order valence-corrected chi connectivity index (χ4v) is 2.35. The van der Waals surface area contributed by atoms with Crippen LogP contribution in [0.15, 0.2) is 59.2 Å². The lowest BCUT2D eigenvalue weighted by Crippen LogP contribution is -2.50. The molecule has 0 bridgehead atoms. The maximum atomic E-state index is 12.5. The highest BCUT2D eigenvalue weighted by atomic mass is 16.4. The Bertz CT molecular complexity index is 862. The van der Waals surface area contributed by atoms with E-state index in [9.17, 15) is 19.2 Å². The SMILES string of the molecule is O=C(O)CNC(=O)CNC(=O)[C@@H](Cc1ccccc1)NC(=O)/C=C\c1ccco1. The second-order valence-electron chi connectivity index (χ2n) is 5.99. The lowest BCUT2D eigenvalue weighted by molar-refractivity contribution is -0.137. The van der Waals surface area contributed by atoms with Crippen LogP contribution in [0.3, 0.4) is 0 Å². The Hall–Kier alpha value is -3.88. The standard InChI is InChI=1S/C20H21N3O6/c24-17(9-8-15-7-4-10-29-15)23-16(11-14-5-2-1-3-6-14)20(28)22-12-18(25)21-13-19(26)27/h1-10,16H,11-13H2,(H,21,25)(H,22,28)(H,23,24)(H,26,27)/b9-8-/t16-/m1/s1. The molecule has 1 heterocycles. The number of rotatable bonds is 10. The van der Waals surface area contributed by atoms with Gasteiger partial charge in [0, 0.05) is 12.5 Å². The molecule has 0 spiro atoms. The number of nitrogens with one attached hydrogen (secondary N) is 3. The van der Waals surface area contributed by atoms with Crippen LogP contribution >= 0.6 is 0 Å². The normalized spacial score (nSPS) is 11.6. The van der Waals surface area contributed by atoms with Crippen molar-refractivity contribution in [2.24, 2.45) is 0 Å². The van der Waals surface area contributed by atoms with Gasteiger partial charge < -0.3 is 25.5 Å². The van der Waals surface area contributed by atoms with Crippen molar-refractivity contribution in [3.05, 3.63) is 66.1 Å². The van der Waals surface area contributed by atoms with Crippen LogP contribution in [-0.2, 0) is 25.6 Å². The lowest BCUT2D eigenvalue weighted by Gasteiger charge is -2.17. The van der Waals surface area contributed by atoms with Gasteiger partial charge in [0.25, 0.3) is 0 Å². The molecule has 9 nitrogen and oxygen atoms in total. The van der Waals surface area contributed by atoms with Crippen molar-refractivity contribution in [2.45, 2.75) is 12.5 Å². The zero-order valence-electron chi connectivity index (χ0n) is 15.5. The summed E-state index contributed by atoms with van der Waals surface area (Å²) in [5.74, 6) is -2.43. The fourth-order valence-electron chi connectivity index (χ4n) is 2.35. The summed E-state index contributed by atoms with van der Waals surface area (Å²) in [5, 5.41) is 15.7. The van der Waals surface area contributed by atoms with E-state index in [2.05, 4.69) is 16.0 Å². The predicted octanol–water partition coefficient (Wildman–Crippen LogP) is 0.337. The van der Waals surface area contributed by atoms with Crippen LogP contribution in [0.25, 0.3) is 6.08 Å². The minimum absolute atomic E-state index is 0.212. The predicted molar refractivity (Wildman–Crippen MR) is 103 cm³/mol. The minimum Gasteiger partial charge on any atom is -0.480 e. The Kier molecular flexibility index (Phi) is 8.18. The summed E-state index contributed by atoms with van der Waals surface area (Å²) < 4.78 is 5.10. The van der Waals surface area contributed by atoms with E-state index in [1.165, 1.54) is 18.4 Å². The fraction of sp³-hybridized carbons (Fsp3) is 0.200. The van der Waals surface area contributed by atoms with Gasteiger partial charge in [-0.05, 0) is 23.8 Å². The van der Waals surface area contributed by atoms with Crippen molar-refractivity contribution in [1.29, 1.82) is 0 Å². The molecule has 0 radical (unpaired) electrons. The van der Waals surface area contributed by atoms with Crippen molar-refractivity contribution in [2.75, 3.05) is 13.1 Å². The number of carbonyl (C=O) groups is 4. The van der Waals surface area contributed by atoms with Crippen molar-refractivity contribution >= 4 is 29.8 Å². The highest BCUT2D eigenvalue weighted by Gasteiger charge is 2.21. The highest BCUT2D eigenvalue weighted by Crippen LogP contribution is 2.05. The van der Waals surface area contributed by atoms with Gasteiger partial charge in [-0.15, -0.1) is 0 Å². The molecule has 0 saturated heterocycles. The van der Waals surface area contributed by atoms with Gasteiger partial charge in [0.05, 0.1) is 12.8 Å². The van der Waals surface area contributed by atoms with E-state index >= 15 is 0 Å². The largest absolute Gasteiger partial charge is 0.480 e. The molecule has 29 heavy (non-hydrogen) atoms. The number of carboxylic acids is 1. The minimum atomic E-state index is -1.19. The van der Waals surface area contributed by atoms with Crippen molar-refractivity contribution < 1.29 is 28.7 Å². The Balaban J connectivity index is 1.97. The summed E-state index contributed by atoms with van der Waals surface area (Å²) in [6, 6.07) is 11.5. The summed E-state index contributed by atoms with van der Waals surface area (Å²) in [4.78, 5) is 46.7. The molecule has 0 fully saturated rings. The number of hydrogen-bond donors (Lipinski definition) is 4. The average molecular weight is 399 g/mol. The third-order valence-electron chi connectivity index (χ3n) is 3.72. The van der Waals surface area contributed by atoms with Gasteiger partial charge in [-0.2, -0.15) is 0 Å². The average Bonchev–Trinajstić information content (AvgIpc) is 3.23. The molecule has 0 aliphatic heterocycles.